The van der Waals surface area contributed by atoms with E-state index < -0.39 is 0 Å². The van der Waals surface area contributed by atoms with Crippen molar-refractivity contribution in [2.24, 2.45) is 0 Å². The summed E-state index contributed by atoms with van der Waals surface area (Å²) >= 11 is 0. The van der Waals surface area contributed by atoms with Crippen LogP contribution < -0.4 is 9.47 Å². The van der Waals surface area contributed by atoms with Crippen molar-refractivity contribution >= 4 is 5.97 Å². The number of likely N-dealkylation sites (N-methyl/N-ethyl adjacent to an activating group) is 1. The second kappa shape index (κ2) is 8.44. The molecular formula is C22H27NO4. The molecule has 0 radical (unpaired) electrons. The third-order valence-corrected chi connectivity index (χ3v) is 5.38. The van der Waals surface area contributed by atoms with Gasteiger partial charge in [0.15, 0.2) is 11.5 Å². The molecule has 0 amide bonds. The quantitative estimate of drug-likeness (QED) is 0.758. The van der Waals surface area contributed by atoms with Crippen LogP contribution in [0.5, 0.6) is 11.5 Å². The average Bonchev–Trinajstić information content (AvgIpc) is 2.83. The fourth-order valence-electron chi connectivity index (χ4n) is 3.97. The Morgan fingerprint density at radius 3 is 2.37 bits per heavy atom. The second-order valence-corrected chi connectivity index (χ2v) is 6.90. The van der Waals surface area contributed by atoms with Gasteiger partial charge in [-0.25, -0.2) is 0 Å². The lowest BCUT2D eigenvalue weighted by atomic mass is 9.83. The highest BCUT2D eigenvalue weighted by Crippen LogP contribution is 2.39. The van der Waals surface area contributed by atoms with Gasteiger partial charge < -0.3 is 14.2 Å². The molecule has 1 aliphatic heterocycles. The van der Waals surface area contributed by atoms with Gasteiger partial charge in [-0.1, -0.05) is 30.3 Å². The smallest absolute Gasteiger partial charge is 0.323 e. The lowest BCUT2D eigenvalue weighted by Crippen LogP contribution is -2.43. The molecule has 2 atom stereocenters. The summed E-state index contributed by atoms with van der Waals surface area (Å²) in [7, 11) is 6.72. The molecule has 0 unspecified atom stereocenters. The Hall–Kier alpha value is -2.53. The number of hydrogen-bond acceptors (Lipinski definition) is 5. The molecule has 3 rings (SSSR count). The van der Waals surface area contributed by atoms with Crippen molar-refractivity contribution in [2.75, 3.05) is 34.9 Å². The van der Waals surface area contributed by atoms with Crippen molar-refractivity contribution in [3.8, 4) is 11.5 Å². The number of fused-ring (bicyclic) bond motifs is 1. The highest BCUT2D eigenvalue weighted by Gasteiger charge is 2.37. The van der Waals surface area contributed by atoms with Gasteiger partial charge in [-0.2, -0.15) is 0 Å². The summed E-state index contributed by atoms with van der Waals surface area (Å²) in [6, 6.07) is 14.0. The van der Waals surface area contributed by atoms with Crippen LogP contribution in [-0.2, 0) is 22.4 Å². The van der Waals surface area contributed by atoms with Crippen molar-refractivity contribution < 1.29 is 19.0 Å². The molecule has 5 heteroatoms. The van der Waals surface area contributed by atoms with E-state index in [9.17, 15) is 4.79 Å². The van der Waals surface area contributed by atoms with E-state index in [-0.39, 0.29) is 17.9 Å². The number of hydrogen-bond donors (Lipinski definition) is 0. The first-order valence-corrected chi connectivity index (χ1v) is 9.15. The molecule has 0 aliphatic carbocycles. The number of esters is 1. The monoisotopic (exact) mass is 369 g/mol. The molecule has 0 saturated carbocycles. The maximum Gasteiger partial charge on any atom is 0.323 e. The van der Waals surface area contributed by atoms with Crippen LogP contribution in [0.3, 0.4) is 0 Å². The van der Waals surface area contributed by atoms with Gasteiger partial charge in [0.25, 0.3) is 0 Å². The molecule has 0 aromatic heterocycles. The van der Waals surface area contributed by atoms with Crippen molar-refractivity contribution in [3.05, 3.63) is 59.2 Å². The number of benzene rings is 2. The molecule has 0 bridgehead atoms. The fourth-order valence-corrected chi connectivity index (χ4v) is 3.97. The Bertz CT molecular complexity index is 790. The van der Waals surface area contributed by atoms with Crippen LogP contribution in [0.25, 0.3) is 0 Å². The van der Waals surface area contributed by atoms with E-state index in [4.69, 9.17) is 14.2 Å². The Balaban J connectivity index is 2.13. The third-order valence-electron chi connectivity index (χ3n) is 5.38. The minimum Gasteiger partial charge on any atom is -0.493 e. The van der Waals surface area contributed by atoms with Crippen LogP contribution >= 0.6 is 0 Å². The highest BCUT2D eigenvalue weighted by atomic mass is 16.5. The van der Waals surface area contributed by atoms with Crippen LogP contribution in [0.2, 0.25) is 0 Å². The molecule has 144 valence electrons. The normalized spacial score (nSPS) is 19.7. The van der Waals surface area contributed by atoms with E-state index in [0.29, 0.717) is 11.5 Å². The lowest BCUT2D eigenvalue weighted by molar-refractivity contribution is -0.147. The topological polar surface area (TPSA) is 48.0 Å². The van der Waals surface area contributed by atoms with Gasteiger partial charge in [0.2, 0.25) is 0 Å². The summed E-state index contributed by atoms with van der Waals surface area (Å²) in [5.74, 6) is 1.15. The van der Waals surface area contributed by atoms with Crippen molar-refractivity contribution in [1.29, 1.82) is 0 Å². The van der Waals surface area contributed by atoms with Crippen molar-refractivity contribution in [1.82, 2.24) is 4.90 Å². The Kier molecular flexibility index (Phi) is 6.01. The maximum atomic E-state index is 12.7. The van der Waals surface area contributed by atoms with E-state index in [1.807, 2.05) is 37.4 Å². The predicted octanol–water partition coefficient (Wildman–Crippen LogP) is 3.06. The number of carbonyl (C=O) groups is 1. The molecule has 1 heterocycles. The number of methoxy groups -OCH3 is 3. The molecule has 27 heavy (non-hydrogen) atoms. The number of nitrogens with zero attached hydrogens (tertiary/aromatic N) is 1. The van der Waals surface area contributed by atoms with Gasteiger partial charge in [-0.3, -0.25) is 9.69 Å². The number of ether oxygens (including phenoxy) is 3. The van der Waals surface area contributed by atoms with E-state index >= 15 is 0 Å². The van der Waals surface area contributed by atoms with Crippen LogP contribution in [0.1, 0.15) is 22.6 Å². The van der Waals surface area contributed by atoms with Gasteiger partial charge in [0.05, 0.1) is 21.3 Å². The maximum absolute atomic E-state index is 12.7. The summed E-state index contributed by atoms with van der Waals surface area (Å²) in [4.78, 5) is 14.8. The molecule has 2 aromatic carbocycles. The first kappa shape index (κ1) is 19.2. The molecule has 1 aliphatic rings. The summed E-state index contributed by atoms with van der Waals surface area (Å²) in [6.45, 7) is 0.771. The van der Waals surface area contributed by atoms with Gasteiger partial charge in [0, 0.05) is 12.5 Å². The lowest BCUT2D eigenvalue weighted by Gasteiger charge is -2.31. The summed E-state index contributed by atoms with van der Waals surface area (Å²) < 4.78 is 16.2. The Morgan fingerprint density at radius 2 is 1.74 bits per heavy atom. The van der Waals surface area contributed by atoms with E-state index in [1.165, 1.54) is 18.2 Å². The highest BCUT2D eigenvalue weighted by molar-refractivity contribution is 5.77. The SMILES string of the molecule is COC(=O)[C@H]1[C@H](Cc2ccccc2)c2cc(OC)c(OC)cc2CCN1C. The summed E-state index contributed by atoms with van der Waals surface area (Å²) in [5, 5.41) is 0. The molecule has 0 saturated heterocycles. The fraction of sp³-hybridized carbons (Fsp3) is 0.409. The van der Waals surface area contributed by atoms with E-state index in [2.05, 4.69) is 17.0 Å². The van der Waals surface area contributed by atoms with Gasteiger partial charge >= 0.3 is 5.97 Å². The minimum absolute atomic E-state index is 0.0397. The Labute approximate surface area is 160 Å². The minimum atomic E-state index is -0.352. The first-order chi connectivity index (χ1) is 13.1. The summed E-state index contributed by atoms with van der Waals surface area (Å²) in [5.41, 5.74) is 3.50. The zero-order valence-electron chi connectivity index (χ0n) is 16.4. The predicted molar refractivity (Wildman–Crippen MR) is 105 cm³/mol. The van der Waals surface area contributed by atoms with Crippen molar-refractivity contribution in [2.45, 2.75) is 24.8 Å². The molecule has 0 spiro atoms. The number of rotatable bonds is 5. The van der Waals surface area contributed by atoms with Crippen LogP contribution in [0.4, 0.5) is 0 Å². The molecular weight excluding hydrogens is 342 g/mol. The molecule has 5 nitrogen and oxygen atoms in total. The zero-order valence-corrected chi connectivity index (χ0v) is 16.4. The van der Waals surface area contributed by atoms with Gasteiger partial charge in [-0.05, 0) is 48.7 Å². The van der Waals surface area contributed by atoms with Crippen LogP contribution in [-0.4, -0.2) is 51.8 Å². The largest absolute Gasteiger partial charge is 0.493 e. The Morgan fingerprint density at radius 1 is 1.07 bits per heavy atom. The number of carbonyl (C=O) groups excluding carboxylic acids is 1. The van der Waals surface area contributed by atoms with E-state index in [1.54, 1.807) is 14.2 Å². The summed E-state index contributed by atoms with van der Waals surface area (Å²) in [6.07, 6.45) is 1.58. The molecule has 0 fully saturated rings. The molecule has 0 N–H and O–H groups in total. The third kappa shape index (κ3) is 3.93. The zero-order chi connectivity index (χ0) is 19.4. The van der Waals surface area contributed by atoms with Crippen LogP contribution in [0.15, 0.2) is 42.5 Å². The second-order valence-electron chi connectivity index (χ2n) is 6.90. The molecule has 2 aromatic rings. The van der Waals surface area contributed by atoms with Gasteiger partial charge in [0.1, 0.15) is 6.04 Å². The first-order valence-electron chi connectivity index (χ1n) is 9.15. The van der Waals surface area contributed by atoms with E-state index in [0.717, 1.165) is 24.9 Å². The average molecular weight is 369 g/mol. The van der Waals surface area contributed by atoms with Crippen LogP contribution in [0, 0.1) is 0 Å². The van der Waals surface area contributed by atoms with Gasteiger partial charge in [-0.15, -0.1) is 0 Å². The van der Waals surface area contributed by atoms with Crippen molar-refractivity contribution in [3.63, 3.8) is 0 Å². The standard InChI is InChI=1S/C22H27NO4/c1-23-11-10-16-13-19(25-2)20(26-3)14-17(16)18(21(23)22(24)27-4)12-15-8-6-5-7-9-15/h5-9,13-14,18,21H,10-12H2,1-4H3/t18-,21-/m1/s1.